The lowest BCUT2D eigenvalue weighted by molar-refractivity contribution is 0.0950. The van der Waals surface area contributed by atoms with E-state index in [1.807, 2.05) is 44.2 Å². The first kappa shape index (κ1) is 22.4. The van der Waals surface area contributed by atoms with Crippen LogP contribution in [0, 0.1) is 0 Å². The van der Waals surface area contributed by atoms with E-state index in [1.54, 1.807) is 36.4 Å². The normalized spacial score (nSPS) is 11.2. The van der Waals surface area contributed by atoms with Gasteiger partial charge in [-0.25, -0.2) is 8.42 Å². The number of sulfonamides is 1. The van der Waals surface area contributed by atoms with Crippen molar-refractivity contribution in [3.63, 3.8) is 0 Å². The topological polar surface area (TPSA) is 75.7 Å². The van der Waals surface area contributed by atoms with Crippen molar-refractivity contribution in [2.24, 2.45) is 0 Å². The van der Waals surface area contributed by atoms with Crippen LogP contribution in [0.5, 0.6) is 5.75 Å². The van der Waals surface area contributed by atoms with Gasteiger partial charge in [-0.1, -0.05) is 36.4 Å². The molecule has 0 aromatic heterocycles. The third kappa shape index (κ3) is 5.64. The molecule has 31 heavy (non-hydrogen) atoms. The van der Waals surface area contributed by atoms with Crippen molar-refractivity contribution in [1.29, 1.82) is 0 Å². The zero-order valence-corrected chi connectivity index (χ0v) is 18.6. The first-order chi connectivity index (χ1) is 14.8. The average Bonchev–Trinajstić information content (AvgIpc) is 2.78. The van der Waals surface area contributed by atoms with Crippen LogP contribution in [-0.4, -0.2) is 27.5 Å². The van der Waals surface area contributed by atoms with E-state index in [9.17, 15) is 13.2 Å². The number of amides is 1. The van der Waals surface area contributed by atoms with Gasteiger partial charge in [-0.15, -0.1) is 0 Å². The number of carbonyl (C=O) groups is 1. The summed E-state index contributed by atoms with van der Waals surface area (Å²) in [6.45, 7) is 4.24. The number of ether oxygens (including phenoxy) is 1. The third-order valence-corrected chi connectivity index (χ3v) is 6.40. The Morgan fingerprint density at radius 1 is 0.968 bits per heavy atom. The lowest BCUT2D eigenvalue weighted by Gasteiger charge is -2.19. The highest BCUT2D eigenvalue weighted by Crippen LogP contribution is 2.22. The molecule has 0 aliphatic heterocycles. The van der Waals surface area contributed by atoms with E-state index >= 15 is 0 Å². The summed E-state index contributed by atoms with van der Waals surface area (Å²) < 4.78 is 32.8. The molecule has 162 valence electrons. The molecule has 0 radical (unpaired) electrons. The summed E-state index contributed by atoms with van der Waals surface area (Å²) in [7, 11) is -2.30. The zero-order valence-electron chi connectivity index (χ0n) is 17.8. The van der Waals surface area contributed by atoms with Crippen molar-refractivity contribution >= 4 is 21.6 Å². The summed E-state index contributed by atoms with van der Waals surface area (Å²) in [5.74, 6) is 0.424. The fourth-order valence-corrected chi connectivity index (χ4v) is 4.22. The highest BCUT2D eigenvalue weighted by atomic mass is 32.2. The molecule has 1 amide bonds. The Morgan fingerprint density at radius 2 is 1.65 bits per heavy atom. The van der Waals surface area contributed by atoms with Crippen LogP contribution in [0.2, 0.25) is 0 Å². The molecule has 0 saturated heterocycles. The van der Waals surface area contributed by atoms with Gasteiger partial charge >= 0.3 is 0 Å². The number of carbonyl (C=O) groups excluding carboxylic acids is 1. The molecule has 0 aliphatic carbocycles. The van der Waals surface area contributed by atoms with Crippen LogP contribution in [0.15, 0.2) is 83.8 Å². The Labute approximate surface area is 183 Å². The van der Waals surface area contributed by atoms with Crippen LogP contribution in [0.3, 0.4) is 0 Å². The molecule has 3 rings (SSSR count). The molecule has 0 heterocycles. The first-order valence-corrected chi connectivity index (χ1v) is 11.4. The smallest absolute Gasteiger partial charge is 0.264 e. The number of hydrogen-bond donors (Lipinski definition) is 1. The number of hydrogen-bond acceptors (Lipinski definition) is 4. The summed E-state index contributed by atoms with van der Waals surface area (Å²) in [5.41, 5.74) is 1.74. The predicted molar refractivity (Wildman–Crippen MR) is 122 cm³/mol. The van der Waals surface area contributed by atoms with E-state index in [0.29, 0.717) is 12.2 Å². The second-order valence-electron chi connectivity index (χ2n) is 7.33. The average molecular weight is 439 g/mol. The standard InChI is InChI=1S/C24H26N2O4S/c1-18(2)30-22-14-12-19(13-15-22)17-25-24(27)20-8-7-11-23(16-20)31(28,29)26(3)21-9-5-4-6-10-21/h4-16,18H,17H2,1-3H3,(H,25,27). The molecule has 0 bridgehead atoms. The molecule has 0 fully saturated rings. The predicted octanol–water partition coefficient (Wildman–Crippen LogP) is 4.23. The van der Waals surface area contributed by atoms with Crippen molar-refractivity contribution in [2.45, 2.75) is 31.4 Å². The summed E-state index contributed by atoms with van der Waals surface area (Å²) in [6.07, 6.45) is 0.0926. The highest BCUT2D eigenvalue weighted by molar-refractivity contribution is 7.92. The van der Waals surface area contributed by atoms with Crippen molar-refractivity contribution < 1.29 is 17.9 Å². The highest BCUT2D eigenvalue weighted by Gasteiger charge is 2.22. The van der Waals surface area contributed by atoms with Crippen molar-refractivity contribution in [1.82, 2.24) is 5.32 Å². The monoisotopic (exact) mass is 438 g/mol. The van der Waals surface area contributed by atoms with Gasteiger partial charge in [-0.3, -0.25) is 9.10 Å². The summed E-state index contributed by atoms with van der Waals surface area (Å²) in [6, 6.07) is 22.3. The molecule has 0 spiro atoms. The largest absolute Gasteiger partial charge is 0.491 e. The fourth-order valence-electron chi connectivity index (χ4n) is 2.98. The minimum absolute atomic E-state index is 0.0571. The van der Waals surface area contributed by atoms with Crippen LogP contribution in [0.25, 0.3) is 0 Å². The van der Waals surface area contributed by atoms with Gasteiger partial charge in [0.05, 0.1) is 16.7 Å². The molecule has 0 aliphatic rings. The number of nitrogens with zero attached hydrogens (tertiary/aromatic N) is 1. The zero-order chi connectivity index (χ0) is 22.4. The van der Waals surface area contributed by atoms with Crippen LogP contribution in [-0.2, 0) is 16.6 Å². The quantitative estimate of drug-likeness (QED) is 0.571. The van der Waals surface area contributed by atoms with E-state index < -0.39 is 10.0 Å². The number of benzene rings is 3. The number of nitrogens with one attached hydrogen (secondary N) is 1. The molecule has 7 heteroatoms. The van der Waals surface area contributed by atoms with Crippen LogP contribution < -0.4 is 14.4 Å². The second kappa shape index (κ2) is 9.66. The van der Waals surface area contributed by atoms with Gasteiger partial charge in [0.1, 0.15) is 5.75 Å². The van der Waals surface area contributed by atoms with E-state index in [0.717, 1.165) is 11.3 Å². The molecule has 0 saturated carbocycles. The van der Waals surface area contributed by atoms with E-state index in [-0.39, 0.29) is 22.5 Å². The van der Waals surface area contributed by atoms with E-state index in [4.69, 9.17) is 4.74 Å². The number of para-hydroxylation sites is 1. The van der Waals surface area contributed by atoms with Gasteiger partial charge in [-0.05, 0) is 61.9 Å². The summed E-state index contributed by atoms with van der Waals surface area (Å²) in [4.78, 5) is 12.7. The SMILES string of the molecule is CC(C)Oc1ccc(CNC(=O)c2cccc(S(=O)(=O)N(C)c3ccccc3)c2)cc1. The van der Waals surface area contributed by atoms with Gasteiger partial charge in [0, 0.05) is 19.2 Å². The molecule has 3 aromatic rings. The van der Waals surface area contributed by atoms with Crippen LogP contribution in [0.1, 0.15) is 29.8 Å². The lowest BCUT2D eigenvalue weighted by Crippen LogP contribution is -2.27. The molecule has 0 atom stereocenters. The minimum atomic E-state index is -3.79. The van der Waals surface area contributed by atoms with Gasteiger partial charge in [0.25, 0.3) is 15.9 Å². The Hall–Kier alpha value is -3.32. The molecule has 1 N–H and O–H groups in total. The maximum absolute atomic E-state index is 13.0. The number of rotatable bonds is 8. The van der Waals surface area contributed by atoms with Crippen molar-refractivity contribution in [2.75, 3.05) is 11.4 Å². The Balaban J connectivity index is 1.70. The van der Waals surface area contributed by atoms with Crippen LogP contribution >= 0.6 is 0 Å². The maximum Gasteiger partial charge on any atom is 0.264 e. The summed E-state index contributed by atoms with van der Waals surface area (Å²) in [5, 5.41) is 2.83. The molecule has 0 unspecified atom stereocenters. The van der Waals surface area contributed by atoms with Gasteiger partial charge < -0.3 is 10.1 Å². The van der Waals surface area contributed by atoms with Crippen molar-refractivity contribution in [3.05, 3.63) is 90.0 Å². The second-order valence-corrected chi connectivity index (χ2v) is 9.30. The molecule has 3 aromatic carbocycles. The Bertz CT molecular complexity index is 1130. The molecule has 6 nitrogen and oxygen atoms in total. The van der Waals surface area contributed by atoms with E-state index in [1.165, 1.54) is 23.5 Å². The first-order valence-electron chi connectivity index (χ1n) is 9.95. The van der Waals surface area contributed by atoms with Crippen molar-refractivity contribution in [3.8, 4) is 5.75 Å². The van der Waals surface area contributed by atoms with E-state index in [2.05, 4.69) is 5.32 Å². The fraction of sp³-hybridized carbons (Fsp3) is 0.208. The number of anilines is 1. The summed E-state index contributed by atoms with van der Waals surface area (Å²) >= 11 is 0. The maximum atomic E-state index is 13.0. The third-order valence-electron chi connectivity index (χ3n) is 4.62. The van der Waals surface area contributed by atoms with Crippen LogP contribution in [0.4, 0.5) is 5.69 Å². The molecular formula is C24H26N2O4S. The minimum Gasteiger partial charge on any atom is -0.491 e. The molecular weight excluding hydrogens is 412 g/mol. The van der Waals surface area contributed by atoms with Gasteiger partial charge in [-0.2, -0.15) is 0 Å². The Kier molecular flexibility index (Phi) is 6.97. The Morgan fingerprint density at radius 3 is 2.29 bits per heavy atom. The van der Waals surface area contributed by atoms with Gasteiger partial charge in [0.15, 0.2) is 0 Å². The van der Waals surface area contributed by atoms with Gasteiger partial charge in [0.2, 0.25) is 0 Å². The lowest BCUT2D eigenvalue weighted by atomic mass is 10.2.